The zero-order chi connectivity index (χ0) is 14.5. The molecule has 0 radical (unpaired) electrons. The predicted octanol–water partition coefficient (Wildman–Crippen LogP) is 3.56. The average Bonchev–Trinajstić information content (AvgIpc) is 2.25. The van der Waals surface area contributed by atoms with Crippen molar-refractivity contribution in [3.63, 3.8) is 0 Å². The second kappa shape index (κ2) is 6.65. The summed E-state index contributed by atoms with van der Waals surface area (Å²) >= 11 is 5.80. The number of alkyl halides is 3. The molecule has 1 aromatic rings. The van der Waals surface area contributed by atoms with Crippen LogP contribution < -0.4 is 5.32 Å². The average molecular weight is 296 g/mol. The molecule has 1 aromatic carbocycles. The number of benzene rings is 1. The van der Waals surface area contributed by atoms with Crippen LogP contribution in [0.1, 0.15) is 12.5 Å². The summed E-state index contributed by atoms with van der Waals surface area (Å²) in [5.74, 6) is 0. The number of rotatable bonds is 4. The highest BCUT2D eigenvalue weighted by Gasteiger charge is 2.29. The summed E-state index contributed by atoms with van der Waals surface area (Å²) < 4.78 is 39.5. The van der Waals surface area contributed by atoms with Gasteiger partial charge in [0.25, 0.3) is 0 Å². The van der Waals surface area contributed by atoms with Crippen LogP contribution in [0.2, 0.25) is 5.02 Å². The van der Waals surface area contributed by atoms with E-state index in [0.29, 0.717) is 11.4 Å². The minimum Gasteiger partial charge on any atom is -0.440 e. The van der Waals surface area contributed by atoms with Gasteiger partial charge in [-0.25, -0.2) is 4.79 Å². The molecular formula is C12H13ClF3NO2. The molecule has 0 aliphatic carbocycles. The second-order valence-electron chi connectivity index (χ2n) is 4.07. The maximum atomic E-state index is 11.8. The van der Waals surface area contributed by atoms with Gasteiger partial charge in [0.2, 0.25) is 0 Å². The first kappa shape index (κ1) is 15.6. The van der Waals surface area contributed by atoms with E-state index in [4.69, 9.17) is 11.6 Å². The monoisotopic (exact) mass is 295 g/mol. The quantitative estimate of drug-likeness (QED) is 0.922. The van der Waals surface area contributed by atoms with Crippen LogP contribution in [0.3, 0.4) is 0 Å². The standard InChI is InChI=1S/C12H13ClF3NO2/c1-8(5-9-3-2-4-10(13)6-9)17-11(18)19-7-12(14,15)16/h2-4,6,8H,5,7H2,1H3,(H,17,18). The van der Waals surface area contributed by atoms with Crippen molar-refractivity contribution in [2.75, 3.05) is 6.61 Å². The van der Waals surface area contributed by atoms with E-state index in [2.05, 4.69) is 10.1 Å². The van der Waals surface area contributed by atoms with Crippen molar-refractivity contribution in [1.82, 2.24) is 5.32 Å². The van der Waals surface area contributed by atoms with Crippen molar-refractivity contribution >= 4 is 17.7 Å². The lowest BCUT2D eigenvalue weighted by Crippen LogP contribution is -2.36. The van der Waals surface area contributed by atoms with Crippen molar-refractivity contribution in [2.24, 2.45) is 0 Å². The smallest absolute Gasteiger partial charge is 0.422 e. The Hall–Kier alpha value is -1.43. The molecule has 7 heteroatoms. The molecule has 106 valence electrons. The van der Waals surface area contributed by atoms with Crippen LogP contribution in [0.15, 0.2) is 24.3 Å². The van der Waals surface area contributed by atoms with Crippen LogP contribution in [-0.4, -0.2) is 24.9 Å². The first-order chi connectivity index (χ1) is 8.76. The van der Waals surface area contributed by atoms with Crippen molar-refractivity contribution in [2.45, 2.75) is 25.6 Å². The number of alkyl carbamates (subject to hydrolysis) is 1. The van der Waals surface area contributed by atoms with Gasteiger partial charge in [-0.05, 0) is 31.0 Å². The number of nitrogens with one attached hydrogen (secondary N) is 1. The van der Waals surface area contributed by atoms with Crippen molar-refractivity contribution in [3.05, 3.63) is 34.9 Å². The molecule has 0 aliphatic heterocycles. The number of carbonyl (C=O) groups excluding carboxylic acids is 1. The van der Waals surface area contributed by atoms with Crippen LogP contribution in [0, 0.1) is 0 Å². The summed E-state index contributed by atoms with van der Waals surface area (Å²) in [6, 6.07) is 6.64. The van der Waals surface area contributed by atoms with E-state index in [1.165, 1.54) is 0 Å². The molecule has 0 heterocycles. The van der Waals surface area contributed by atoms with E-state index in [9.17, 15) is 18.0 Å². The zero-order valence-corrected chi connectivity index (χ0v) is 10.9. The van der Waals surface area contributed by atoms with E-state index in [-0.39, 0.29) is 6.04 Å². The van der Waals surface area contributed by atoms with E-state index in [0.717, 1.165) is 5.56 Å². The van der Waals surface area contributed by atoms with Gasteiger partial charge in [-0.3, -0.25) is 0 Å². The highest BCUT2D eigenvalue weighted by molar-refractivity contribution is 6.30. The van der Waals surface area contributed by atoms with Crippen LogP contribution in [0.4, 0.5) is 18.0 Å². The highest BCUT2D eigenvalue weighted by atomic mass is 35.5. The third-order valence-corrected chi connectivity index (χ3v) is 2.40. The summed E-state index contributed by atoms with van der Waals surface area (Å²) in [7, 11) is 0. The highest BCUT2D eigenvalue weighted by Crippen LogP contribution is 2.15. The number of carbonyl (C=O) groups is 1. The van der Waals surface area contributed by atoms with Crippen molar-refractivity contribution in [1.29, 1.82) is 0 Å². The molecular weight excluding hydrogens is 283 g/mol. The SMILES string of the molecule is CC(Cc1cccc(Cl)c1)NC(=O)OCC(F)(F)F. The summed E-state index contributed by atoms with van der Waals surface area (Å²) in [6.07, 6.45) is -5.17. The lowest BCUT2D eigenvalue weighted by Gasteiger charge is -2.15. The lowest BCUT2D eigenvalue weighted by atomic mass is 10.1. The van der Waals surface area contributed by atoms with E-state index >= 15 is 0 Å². The minimum atomic E-state index is -4.52. The van der Waals surface area contributed by atoms with Gasteiger partial charge in [-0.15, -0.1) is 0 Å². The first-order valence-electron chi connectivity index (χ1n) is 5.51. The van der Waals surface area contributed by atoms with Gasteiger partial charge < -0.3 is 10.1 Å². The molecule has 0 fully saturated rings. The summed E-state index contributed by atoms with van der Waals surface area (Å²) in [5.41, 5.74) is 0.871. The van der Waals surface area contributed by atoms with E-state index in [1.807, 2.05) is 6.07 Å². The molecule has 0 spiro atoms. The Morgan fingerprint density at radius 2 is 2.16 bits per heavy atom. The number of hydrogen-bond acceptors (Lipinski definition) is 2. The molecule has 19 heavy (non-hydrogen) atoms. The maximum Gasteiger partial charge on any atom is 0.422 e. The Morgan fingerprint density at radius 3 is 2.74 bits per heavy atom. The molecule has 0 saturated carbocycles. The second-order valence-corrected chi connectivity index (χ2v) is 4.51. The lowest BCUT2D eigenvalue weighted by molar-refractivity contribution is -0.160. The molecule has 1 rings (SSSR count). The topological polar surface area (TPSA) is 38.3 Å². The number of hydrogen-bond donors (Lipinski definition) is 1. The van der Waals surface area contributed by atoms with Crippen molar-refractivity contribution < 1.29 is 22.7 Å². The largest absolute Gasteiger partial charge is 0.440 e. The van der Waals surface area contributed by atoms with E-state index < -0.39 is 18.9 Å². The molecule has 1 N–H and O–H groups in total. The van der Waals surface area contributed by atoms with Crippen LogP contribution in [-0.2, 0) is 11.2 Å². The van der Waals surface area contributed by atoms with Gasteiger partial charge in [-0.2, -0.15) is 13.2 Å². The molecule has 0 bridgehead atoms. The Morgan fingerprint density at radius 1 is 1.47 bits per heavy atom. The zero-order valence-electron chi connectivity index (χ0n) is 10.1. The Labute approximate surface area is 113 Å². The summed E-state index contributed by atoms with van der Waals surface area (Å²) in [6.45, 7) is 0.0679. The molecule has 0 aromatic heterocycles. The summed E-state index contributed by atoms with van der Waals surface area (Å²) in [4.78, 5) is 11.1. The minimum absolute atomic E-state index is 0.362. The van der Waals surface area contributed by atoms with Gasteiger partial charge in [0.15, 0.2) is 6.61 Å². The Bertz CT molecular complexity index is 437. The van der Waals surface area contributed by atoms with Gasteiger partial charge in [0, 0.05) is 11.1 Å². The number of amides is 1. The third kappa shape index (κ3) is 6.91. The van der Waals surface area contributed by atoms with Crippen molar-refractivity contribution in [3.8, 4) is 0 Å². The first-order valence-corrected chi connectivity index (χ1v) is 5.88. The molecule has 0 aliphatic rings. The number of ether oxygens (including phenoxy) is 1. The van der Waals surface area contributed by atoms with E-state index in [1.54, 1.807) is 25.1 Å². The molecule has 1 atom stereocenters. The molecule has 0 saturated heterocycles. The third-order valence-electron chi connectivity index (χ3n) is 2.16. The number of halogens is 4. The van der Waals surface area contributed by atoms with Gasteiger partial charge in [-0.1, -0.05) is 23.7 Å². The Balaban J connectivity index is 2.38. The summed E-state index contributed by atoms with van der Waals surface area (Å²) in [5, 5.41) is 2.88. The fourth-order valence-electron chi connectivity index (χ4n) is 1.46. The van der Waals surface area contributed by atoms with Gasteiger partial charge in [0.1, 0.15) is 0 Å². The van der Waals surface area contributed by atoms with Crippen LogP contribution >= 0.6 is 11.6 Å². The molecule has 1 amide bonds. The van der Waals surface area contributed by atoms with Crippen LogP contribution in [0.25, 0.3) is 0 Å². The fourth-order valence-corrected chi connectivity index (χ4v) is 1.67. The van der Waals surface area contributed by atoms with Gasteiger partial charge in [0.05, 0.1) is 0 Å². The predicted molar refractivity (Wildman–Crippen MR) is 65.2 cm³/mol. The maximum absolute atomic E-state index is 11.8. The molecule has 1 unspecified atom stereocenters. The van der Waals surface area contributed by atoms with Crippen LogP contribution in [0.5, 0.6) is 0 Å². The molecule has 3 nitrogen and oxygen atoms in total. The van der Waals surface area contributed by atoms with Gasteiger partial charge >= 0.3 is 12.3 Å². The Kier molecular flexibility index (Phi) is 5.47. The normalized spacial score (nSPS) is 12.9. The fraction of sp³-hybridized carbons (Fsp3) is 0.417.